The second-order valence-electron chi connectivity index (χ2n) is 4.88. The Labute approximate surface area is 143 Å². The summed E-state index contributed by atoms with van der Waals surface area (Å²) in [5.74, 6) is 1.60. The van der Waals surface area contributed by atoms with Crippen molar-refractivity contribution >= 4 is 44.9 Å². The normalized spacial score (nSPS) is 11.0. The summed E-state index contributed by atoms with van der Waals surface area (Å²) in [6.45, 7) is 6.98. The molecule has 1 heterocycles. The topological polar surface area (TPSA) is 37.8 Å². The van der Waals surface area contributed by atoms with Crippen LogP contribution in [-0.4, -0.2) is 16.5 Å². The van der Waals surface area contributed by atoms with Gasteiger partial charge in [-0.15, -0.1) is 0 Å². The third kappa shape index (κ3) is 3.50. The smallest absolute Gasteiger partial charge is 0.163 e. The van der Waals surface area contributed by atoms with Gasteiger partial charge in [-0.2, -0.15) is 0 Å². The minimum atomic E-state index is 0.261. The van der Waals surface area contributed by atoms with E-state index in [0.717, 1.165) is 28.1 Å². The Morgan fingerprint density at radius 3 is 2.57 bits per heavy atom. The zero-order valence-electron chi connectivity index (χ0n) is 12.0. The van der Waals surface area contributed by atoms with Crippen LogP contribution in [0.15, 0.2) is 22.7 Å². The van der Waals surface area contributed by atoms with Gasteiger partial charge >= 0.3 is 0 Å². The molecule has 6 heteroatoms. The van der Waals surface area contributed by atoms with E-state index in [1.165, 1.54) is 0 Å². The average Bonchev–Trinajstić information content (AvgIpc) is 2.44. The van der Waals surface area contributed by atoms with E-state index in [4.69, 9.17) is 23.2 Å². The SMILES string of the molecule is CCNc1nc(-c2cccc(Cl)c2Cl)nc(C(C)C)c1Br. The van der Waals surface area contributed by atoms with Gasteiger partial charge in [0.25, 0.3) is 0 Å². The lowest BCUT2D eigenvalue weighted by Crippen LogP contribution is -2.07. The molecule has 2 aromatic rings. The molecule has 0 bridgehead atoms. The van der Waals surface area contributed by atoms with Crippen molar-refractivity contribution in [3.63, 3.8) is 0 Å². The van der Waals surface area contributed by atoms with E-state index >= 15 is 0 Å². The summed E-state index contributed by atoms with van der Waals surface area (Å²) in [6, 6.07) is 5.47. The highest BCUT2D eigenvalue weighted by atomic mass is 79.9. The largest absolute Gasteiger partial charge is 0.369 e. The van der Waals surface area contributed by atoms with Crippen molar-refractivity contribution in [2.75, 3.05) is 11.9 Å². The lowest BCUT2D eigenvalue weighted by molar-refractivity contribution is 0.809. The van der Waals surface area contributed by atoms with Gasteiger partial charge in [-0.1, -0.05) is 43.1 Å². The van der Waals surface area contributed by atoms with Crippen LogP contribution in [0.2, 0.25) is 10.0 Å². The Morgan fingerprint density at radius 2 is 1.95 bits per heavy atom. The molecule has 1 aromatic heterocycles. The number of nitrogens with zero attached hydrogens (tertiary/aromatic N) is 2. The highest BCUT2D eigenvalue weighted by molar-refractivity contribution is 9.10. The van der Waals surface area contributed by atoms with E-state index < -0.39 is 0 Å². The predicted molar refractivity (Wildman–Crippen MR) is 93.4 cm³/mol. The molecule has 0 saturated carbocycles. The van der Waals surface area contributed by atoms with Crippen molar-refractivity contribution < 1.29 is 0 Å². The van der Waals surface area contributed by atoms with Crippen molar-refractivity contribution in [1.82, 2.24) is 9.97 Å². The maximum atomic E-state index is 6.28. The van der Waals surface area contributed by atoms with Crippen LogP contribution in [0.5, 0.6) is 0 Å². The minimum absolute atomic E-state index is 0.261. The van der Waals surface area contributed by atoms with Gasteiger partial charge in [0.1, 0.15) is 5.82 Å². The first-order chi connectivity index (χ1) is 9.95. The van der Waals surface area contributed by atoms with Crippen LogP contribution in [0, 0.1) is 0 Å². The lowest BCUT2D eigenvalue weighted by Gasteiger charge is -2.15. The second-order valence-corrected chi connectivity index (χ2v) is 6.46. The maximum absolute atomic E-state index is 6.28. The summed E-state index contributed by atoms with van der Waals surface area (Å²) in [5, 5.41) is 4.21. The van der Waals surface area contributed by atoms with Gasteiger partial charge in [-0.3, -0.25) is 0 Å². The van der Waals surface area contributed by atoms with Crippen LogP contribution in [0.25, 0.3) is 11.4 Å². The molecule has 0 atom stereocenters. The van der Waals surface area contributed by atoms with Crippen LogP contribution in [0.1, 0.15) is 32.4 Å². The van der Waals surface area contributed by atoms with Gasteiger partial charge in [0.2, 0.25) is 0 Å². The molecule has 21 heavy (non-hydrogen) atoms. The average molecular weight is 389 g/mol. The molecule has 0 amide bonds. The zero-order valence-corrected chi connectivity index (χ0v) is 15.1. The number of rotatable bonds is 4. The summed E-state index contributed by atoms with van der Waals surface area (Å²) < 4.78 is 0.890. The molecule has 0 radical (unpaired) electrons. The maximum Gasteiger partial charge on any atom is 0.163 e. The van der Waals surface area contributed by atoms with Crippen LogP contribution >= 0.6 is 39.1 Å². The molecular weight excluding hydrogens is 373 g/mol. The molecular formula is C15H16BrCl2N3. The number of hydrogen-bond donors (Lipinski definition) is 1. The predicted octanol–water partition coefficient (Wildman–Crippen LogP) is 5.77. The fourth-order valence-electron chi connectivity index (χ4n) is 1.93. The number of anilines is 1. The van der Waals surface area contributed by atoms with Crippen LogP contribution in [0.3, 0.4) is 0 Å². The third-order valence-corrected chi connectivity index (χ3v) is 4.56. The first-order valence-corrected chi connectivity index (χ1v) is 8.26. The summed E-state index contributed by atoms with van der Waals surface area (Å²) in [5.41, 5.74) is 1.67. The van der Waals surface area contributed by atoms with Gasteiger partial charge in [-0.05, 0) is 40.9 Å². The standard InChI is InChI=1S/C15H16BrCl2N3/c1-4-19-15-11(16)13(8(2)3)20-14(21-15)9-6-5-7-10(17)12(9)18/h5-8H,4H2,1-3H3,(H,19,20,21). The Balaban J connectivity index is 2.66. The van der Waals surface area contributed by atoms with Crippen LogP contribution in [-0.2, 0) is 0 Å². The fourth-order valence-corrected chi connectivity index (χ4v) is 3.09. The van der Waals surface area contributed by atoms with E-state index in [1.54, 1.807) is 6.07 Å². The van der Waals surface area contributed by atoms with Gasteiger partial charge in [0.05, 0.1) is 20.2 Å². The molecule has 0 spiro atoms. The highest BCUT2D eigenvalue weighted by Gasteiger charge is 2.17. The molecule has 0 aliphatic heterocycles. The van der Waals surface area contributed by atoms with E-state index in [2.05, 4.69) is 45.1 Å². The summed E-state index contributed by atoms with van der Waals surface area (Å²) in [4.78, 5) is 9.21. The van der Waals surface area contributed by atoms with Crippen molar-refractivity contribution in [2.24, 2.45) is 0 Å². The number of hydrogen-bond acceptors (Lipinski definition) is 3. The summed E-state index contributed by atoms with van der Waals surface area (Å²) in [6.07, 6.45) is 0. The van der Waals surface area contributed by atoms with E-state index in [-0.39, 0.29) is 5.92 Å². The highest BCUT2D eigenvalue weighted by Crippen LogP contribution is 2.35. The molecule has 2 rings (SSSR count). The van der Waals surface area contributed by atoms with Crippen molar-refractivity contribution in [3.8, 4) is 11.4 Å². The molecule has 0 fully saturated rings. The Hall–Kier alpha value is -0.840. The Bertz CT molecular complexity index is 660. The zero-order chi connectivity index (χ0) is 15.6. The molecule has 0 unspecified atom stereocenters. The van der Waals surface area contributed by atoms with Crippen molar-refractivity contribution in [3.05, 3.63) is 38.4 Å². The summed E-state index contributed by atoms with van der Waals surface area (Å²) in [7, 11) is 0. The Kier molecular flexibility index (Phi) is 5.47. The third-order valence-electron chi connectivity index (χ3n) is 2.96. The molecule has 112 valence electrons. The first-order valence-electron chi connectivity index (χ1n) is 6.71. The molecule has 3 nitrogen and oxygen atoms in total. The lowest BCUT2D eigenvalue weighted by atomic mass is 10.1. The fraction of sp³-hybridized carbons (Fsp3) is 0.333. The van der Waals surface area contributed by atoms with E-state index in [0.29, 0.717) is 15.9 Å². The minimum Gasteiger partial charge on any atom is -0.369 e. The van der Waals surface area contributed by atoms with Gasteiger partial charge in [-0.25, -0.2) is 9.97 Å². The molecule has 0 aliphatic rings. The van der Waals surface area contributed by atoms with Gasteiger partial charge < -0.3 is 5.32 Å². The second kappa shape index (κ2) is 6.95. The van der Waals surface area contributed by atoms with Crippen molar-refractivity contribution in [2.45, 2.75) is 26.7 Å². The molecule has 1 aromatic carbocycles. The molecule has 0 saturated heterocycles. The first kappa shape index (κ1) is 16.5. The Morgan fingerprint density at radius 1 is 1.24 bits per heavy atom. The molecule has 0 aliphatic carbocycles. The number of benzene rings is 1. The van der Waals surface area contributed by atoms with Gasteiger partial charge in [0, 0.05) is 12.1 Å². The molecule has 1 N–H and O–H groups in total. The number of aromatic nitrogens is 2. The van der Waals surface area contributed by atoms with E-state index in [9.17, 15) is 0 Å². The van der Waals surface area contributed by atoms with Crippen molar-refractivity contribution in [1.29, 1.82) is 0 Å². The number of halogens is 3. The quantitative estimate of drug-likeness (QED) is 0.722. The van der Waals surface area contributed by atoms with E-state index in [1.807, 2.05) is 19.1 Å². The number of nitrogens with one attached hydrogen (secondary N) is 1. The monoisotopic (exact) mass is 387 g/mol. The summed E-state index contributed by atoms with van der Waals surface area (Å²) >= 11 is 15.9. The van der Waals surface area contributed by atoms with Crippen LogP contribution in [0.4, 0.5) is 5.82 Å². The van der Waals surface area contributed by atoms with Gasteiger partial charge in [0.15, 0.2) is 5.82 Å². The van der Waals surface area contributed by atoms with Crippen LogP contribution < -0.4 is 5.32 Å².